The van der Waals surface area contributed by atoms with E-state index in [4.69, 9.17) is 10.5 Å². The molecule has 1 saturated heterocycles. The van der Waals surface area contributed by atoms with Crippen molar-refractivity contribution in [3.05, 3.63) is 29.8 Å². The van der Waals surface area contributed by atoms with E-state index in [9.17, 15) is 13.2 Å². The van der Waals surface area contributed by atoms with Gasteiger partial charge in [-0.1, -0.05) is 6.07 Å². The highest BCUT2D eigenvalue weighted by Gasteiger charge is 2.31. The zero-order chi connectivity index (χ0) is 21.1. The minimum atomic E-state index is -4.31. The number of hydrogen-bond donors (Lipinski definition) is 2. The molecule has 0 saturated carbocycles. The first kappa shape index (κ1) is 26.8. The minimum absolute atomic E-state index is 0. The molecule has 6 nitrogen and oxygen atoms in total. The molecule has 0 aliphatic carbocycles. The van der Waals surface area contributed by atoms with E-state index in [0.717, 1.165) is 58.2 Å². The molecule has 3 N–H and O–H groups in total. The third kappa shape index (κ3) is 9.69. The van der Waals surface area contributed by atoms with Crippen molar-refractivity contribution in [1.29, 1.82) is 0 Å². The first-order valence-electron chi connectivity index (χ1n) is 10.2. The predicted octanol–water partition coefficient (Wildman–Crippen LogP) is 3.17. The Balaban J connectivity index is 0.00000450. The number of hydrogen-bond acceptors (Lipinski definition) is 4. The lowest BCUT2D eigenvalue weighted by Crippen LogP contribution is -2.47. The van der Waals surface area contributed by atoms with Gasteiger partial charge in [-0.05, 0) is 44.5 Å². The summed E-state index contributed by atoms with van der Waals surface area (Å²) in [4.78, 5) is 8.58. The summed E-state index contributed by atoms with van der Waals surface area (Å²) in [5.41, 5.74) is 5.87. The maximum atomic E-state index is 12.9. The normalized spacial score (nSPS) is 15.7. The Morgan fingerprint density at radius 2 is 1.93 bits per heavy atom. The molecule has 1 aliphatic heterocycles. The van der Waals surface area contributed by atoms with Gasteiger partial charge < -0.3 is 20.7 Å². The van der Waals surface area contributed by atoms with Gasteiger partial charge in [0.15, 0.2) is 5.96 Å². The molecule has 2 rings (SSSR count). The van der Waals surface area contributed by atoms with Gasteiger partial charge in [-0.2, -0.15) is 13.2 Å². The van der Waals surface area contributed by atoms with Crippen molar-refractivity contribution in [3.63, 3.8) is 0 Å². The van der Waals surface area contributed by atoms with Crippen LogP contribution < -0.4 is 16.0 Å². The predicted molar refractivity (Wildman–Crippen MR) is 126 cm³/mol. The van der Waals surface area contributed by atoms with E-state index in [1.807, 2.05) is 11.8 Å². The number of nitrogens with two attached hydrogens (primary N) is 1. The van der Waals surface area contributed by atoms with E-state index in [1.165, 1.54) is 12.1 Å². The van der Waals surface area contributed by atoms with Gasteiger partial charge in [0.05, 0.1) is 5.56 Å². The summed E-state index contributed by atoms with van der Waals surface area (Å²) in [7, 11) is 0. The number of benzene rings is 1. The second kappa shape index (κ2) is 13.9. The fraction of sp³-hybridized carbons (Fsp3) is 0.650. The SMILES string of the molecule is CCOCCCN=C(N)NCCCN1CCN(c2cccc(C(F)(F)F)c2)CC1.I. The summed E-state index contributed by atoms with van der Waals surface area (Å²) in [6, 6.07) is 5.56. The summed E-state index contributed by atoms with van der Waals surface area (Å²) in [6.45, 7) is 8.78. The number of guanidine groups is 1. The lowest BCUT2D eigenvalue weighted by molar-refractivity contribution is -0.137. The average molecular weight is 543 g/mol. The van der Waals surface area contributed by atoms with Gasteiger partial charge in [-0.25, -0.2) is 0 Å². The number of anilines is 1. The second-order valence-electron chi connectivity index (χ2n) is 6.97. The first-order chi connectivity index (χ1) is 13.9. The highest BCUT2D eigenvalue weighted by Crippen LogP contribution is 2.31. The van der Waals surface area contributed by atoms with Gasteiger partial charge in [-0.3, -0.25) is 9.89 Å². The monoisotopic (exact) mass is 543 g/mol. The number of nitrogens with zero attached hydrogens (tertiary/aromatic N) is 3. The quantitative estimate of drug-likeness (QED) is 0.206. The molecule has 0 amide bonds. The highest BCUT2D eigenvalue weighted by molar-refractivity contribution is 14.0. The number of nitrogens with one attached hydrogen (secondary N) is 1. The Bertz CT molecular complexity index is 637. The Hall–Kier alpha value is -1.27. The standard InChI is InChI=1S/C20H32F3N5O.HI/c1-2-29-15-5-9-26-19(24)25-8-4-10-27-11-13-28(14-12-27)18-7-3-6-17(16-18)20(21,22)23;/h3,6-7,16H,2,4-5,8-15H2,1H3,(H3,24,25,26);1H. The molecule has 0 aromatic heterocycles. The molecule has 0 radical (unpaired) electrons. The Morgan fingerprint density at radius 3 is 2.60 bits per heavy atom. The van der Waals surface area contributed by atoms with Gasteiger partial charge in [-0.15, -0.1) is 24.0 Å². The molecule has 0 bridgehead atoms. The van der Waals surface area contributed by atoms with Gasteiger partial charge in [0.25, 0.3) is 0 Å². The Labute approximate surface area is 194 Å². The fourth-order valence-corrected chi connectivity index (χ4v) is 3.19. The van der Waals surface area contributed by atoms with E-state index in [1.54, 1.807) is 6.07 Å². The maximum absolute atomic E-state index is 12.9. The molecule has 1 aromatic rings. The number of alkyl halides is 3. The van der Waals surface area contributed by atoms with Crippen LogP contribution in [-0.2, 0) is 10.9 Å². The van der Waals surface area contributed by atoms with Crippen LogP contribution in [0.25, 0.3) is 0 Å². The second-order valence-corrected chi connectivity index (χ2v) is 6.97. The molecule has 30 heavy (non-hydrogen) atoms. The van der Waals surface area contributed by atoms with Gasteiger partial charge in [0.1, 0.15) is 0 Å². The minimum Gasteiger partial charge on any atom is -0.382 e. The number of rotatable bonds is 10. The van der Waals surface area contributed by atoms with E-state index in [-0.39, 0.29) is 24.0 Å². The molecule has 0 unspecified atom stereocenters. The van der Waals surface area contributed by atoms with Crippen molar-refractivity contribution >= 4 is 35.6 Å². The summed E-state index contributed by atoms with van der Waals surface area (Å²) in [5, 5.41) is 3.11. The van der Waals surface area contributed by atoms with Crippen molar-refractivity contribution < 1.29 is 17.9 Å². The van der Waals surface area contributed by atoms with E-state index < -0.39 is 11.7 Å². The maximum Gasteiger partial charge on any atom is 0.416 e. The van der Waals surface area contributed by atoms with Crippen molar-refractivity contribution in [3.8, 4) is 0 Å². The lowest BCUT2D eigenvalue weighted by Gasteiger charge is -2.36. The van der Waals surface area contributed by atoms with Crippen molar-refractivity contribution in [2.75, 3.05) is 63.9 Å². The van der Waals surface area contributed by atoms with Gasteiger partial charge in [0.2, 0.25) is 0 Å². The fourth-order valence-electron chi connectivity index (χ4n) is 3.19. The van der Waals surface area contributed by atoms with Crippen LogP contribution in [-0.4, -0.2) is 69.9 Å². The Kier molecular flexibility index (Phi) is 12.4. The average Bonchev–Trinajstić information content (AvgIpc) is 2.71. The van der Waals surface area contributed by atoms with Gasteiger partial charge >= 0.3 is 6.18 Å². The van der Waals surface area contributed by atoms with Crippen LogP contribution in [0.5, 0.6) is 0 Å². The van der Waals surface area contributed by atoms with Crippen LogP contribution in [0.3, 0.4) is 0 Å². The zero-order valence-electron chi connectivity index (χ0n) is 17.5. The van der Waals surface area contributed by atoms with Crippen LogP contribution >= 0.6 is 24.0 Å². The summed E-state index contributed by atoms with van der Waals surface area (Å²) in [5.74, 6) is 0.455. The summed E-state index contributed by atoms with van der Waals surface area (Å²) < 4.78 is 43.9. The molecule has 1 fully saturated rings. The molecule has 1 aromatic carbocycles. The van der Waals surface area contributed by atoms with Crippen LogP contribution in [0.4, 0.5) is 18.9 Å². The molecule has 1 aliphatic rings. The van der Waals surface area contributed by atoms with Crippen molar-refractivity contribution in [2.24, 2.45) is 10.7 Å². The van der Waals surface area contributed by atoms with Crippen LogP contribution in [0.15, 0.2) is 29.3 Å². The van der Waals surface area contributed by atoms with E-state index >= 15 is 0 Å². The summed E-state index contributed by atoms with van der Waals surface area (Å²) in [6.07, 6.45) is -2.52. The number of ether oxygens (including phenoxy) is 1. The molecule has 0 spiro atoms. The zero-order valence-corrected chi connectivity index (χ0v) is 19.8. The topological polar surface area (TPSA) is 66.1 Å². The van der Waals surface area contributed by atoms with Crippen LogP contribution in [0.1, 0.15) is 25.3 Å². The lowest BCUT2D eigenvalue weighted by atomic mass is 10.1. The highest BCUT2D eigenvalue weighted by atomic mass is 127. The largest absolute Gasteiger partial charge is 0.416 e. The molecular formula is C20H33F3IN5O. The van der Waals surface area contributed by atoms with Crippen molar-refractivity contribution in [1.82, 2.24) is 10.2 Å². The molecule has 10 heteroatoms. The molecule has 0 atom stereocenters. The smallest absolute Gasteiger partial charge is 0.382 e. The van der Waals surface area contributed by atoms with E-state index in [2.05, 4.69) is 15.2 Å². The van der Waals surface area contributed by atoms with Gasteiger partial charge in [0, 0.05) is 58.2 Å². The van der Waals surface area contributed by atoms with Crippen LogP contribution in [0, 0.1) is 0 Å². The molecule has 1 heterocycles. The molecular weight excluding hydrogens is 510 g/mol. The number of piperazine rings is 1. The Morgan fingerprint density at radius 1 is 1.20 bits per heavy atom. The third-order valence-corrected chi connectivity index (χ3v) is 4.80. The number of halogens is 4. The van der Waals surface area contributed by atoms with E-state index in [0.29, 0.717) is 31.4 Å². The third-order valence-electron chi connectivity index (χ3n) is 4.80. The number of aliphatic imine (C=N–C) groups is 1. The first-order valence-corrected chi connectivity index (χ1v) is 10.2. The summed E-state index contributed by atoms with van der Waals surface area (Å²) >= 11 is 0. The van der Waals surface area contributed by atoms with Crippen molar-refractivity contribution in [2.45, 2.75) is 25.9 Å². The molecule has 172 valence electrons. The van der Waals surface area contributed by atoms with Crippen LogP contribution in [0.2, 0.25) is 0 Å².